The third kappa shape index (κ3) is 66.0. The van der Waals surface area contributed by atoms with Gasteiger partial charge in [0.15, 0.2) is 12.4 Å². The summed E-state index contributed by atoms with van der Waals surface area (Å²) in [7, 11) is 5.94. The maximum atomic E-state index is 12.9. The lowest BCUT2D eigenvalue weighted by Crippen LogP contribution is -2.44. The van der Waals surface area contributed by atoms with Crippen LogP contribution in [0.4, 0.5) is 0 Å². The van der Waals surface area contributed by atoms with Gasteiger partial charge in [0.1, 0.15) is 13.2 Å². The summed E-state index contributed by atoms with van der Waals surface area (Å²) in [6, 6.07) is 0. The van der Waals surface area contributed by atoms with Crippen LogP contribution in [0.2, 0.25) is 0 Å². The topological polar surface area (TPSA) is 111 Å². The van der Waals surface area contributed by atoms with E-state index >= 15 is 0 Å². The van der Waals surface area contributed by atoms with E-state index in [2.05, 4.69) is 98.9 Å². The van der Waals surface area contributed by atoms with Gasteiger partial charge in [-0.05, 0) is 70.6 Å². The first kappa shape index (κ1) is 80.5. The van der Waals surface area contributed by atoms with E-state index in [1.54, 1.807) is 0 Å². The summed E-state index contributed by atoms with van der Waals surface area (Å²) in [6.07, 6.45) is 85.3. The summed E-state index contributed by atoms with van der Waals surface area (Å²) < 4.78 is 22.8. The van der Waals surface area contributed by atoms with Crippen molar-refractivity contribution < 1.29 is 42.9 Å². The summed E-state index contributed by atoms with van der Waals surface area (Å²) in [5.74, 6) is -2.26. The molecule has 0 aliphatic heterocycles. The Morgan fingerprint density at radius 3 is 1.01 bits per heavy atom. The third-order valence-electron chi connectivity index (χ3n) is 15.4. The number of hydrogen-bond donors (Lipinski definition) is 0. The highest BCUT2D eigenvalue weighted by Gasteiger charge is 2.22. The fourth-order valence-corrected chi connectivity index (χ4v) is 10.0. The predicted octanol–water partition coefficient (Wildman–Crippen LogP) is 20.5. The molecule has 9 heteroatoms. The van der Waals surface area contributed by atoms with Crippen molar-refractivity contribution in [1.82, 2.24) is 0 Å². The minimum absolute atomic E-state index is 0.149. The van der Waals surface area contributed by atoms with Crippen LogP contribution in [0.5, 0.6) is 0 Å². The Morgan fingerprint density at radius 1 is 0.369 bits per heavy atom. The number of rotatable bonds is 65. The van der Waals surface area contributed by atoms with Crippen LogP contribution in [0.1, 0.15) is 316 Å². The zero-order valence-electron chi connectivity index (χ0n) is 55.5. The number of carbonyl (C=O) groups excluding carboxylic acids is 3. The summed E-state index contributed by atoms with van der Waals surface area (Å²) in [6.45, 7) is 4.68. The Bertz CT molecular complexity index is 1650. The second-order valence-corrected chi connectivity index (χ2v) is 24.8. The van der Waals surface area contributed by atoms with Crippen molar-refractivity contribution in [2.75, 3.05) is 47.5 Å². The van der Waals surface area contributed by atoms with Gasteiger partial charge < -0.3 is 33.3 Å². The van der Waals surface area contributed by atoms with E-state index in [1.807, 2.05) is 21.1 Å². The van der Waals surface area contributed by atoms with Gasteiger partial charge in [-0.2, -0.15) is 0 Å². The molecule has 0 rings (SSSR count). The zero-order valence-corrected chi connectivity index (χ0v) is 55.5. The van der Waals surface area contributed by atoms with Crippen LogP contribution in [0.15, 0.2) is 85.1 Å². The Hall–Kier alpha value is -3.53. The number of hydrogen-bond acceptors (Lipinski definition) is 8. The molecule has 0 aliphatic rings. The molecular formula is C75H133NO8. The van der Waals surface area contributed by atoms with E-state index in [0.717, 1.165) is 77.0 Å². The summed E-state index contributed by atoms with van der Waals surface area (Å²) in [5.41, 5.74) is 0. The van der Waals surface area contributed by atoms with E-state index in [-0.39, 0.29) is 32.2 Å². The van der Waals surface area contributed by atoms with Crippen LogP contribution >= 0.6 is 0 Å². The number of quaternary nitrogens is 1. The number of ether oxygens (including phenoxy) is 4. The van der Waals surface area contributed by atoms with E-state index in [4.69, 9.17) is 18.9 Å². The molecule has 0 amide bonds. The van der Waals surface area contributed by atoms with Crippen LogP contribution < -0.4 is 5.11 Å². The van der Waals surface area contributed by atoms with E-state index < -0.39 is 24.3 Å². The van der Waals surface area contributed by atoms with Crippen molar-refractivity contribution in [2.45, 2.75) is 328 Å². The minimum atomic E-state index is -1.62. The van der Waals surface area contributed by atoms with Gasteiger partial charge in [0.2, 0.25) is 0 Å². The number of aliphatic carboxylic acids is 1. The van der Waals surface area contributed by atoms with Crippen molar-refractivity contribution in [3.63, 3.8) is 0 Å². The van der Waals surface area contributed by atoms with Gasteiger partial charge in [-0.25, -0.2) is 0 Å². The molecule has 0 aromatic heterocycles. The fraction of sp³-hybridized carbons (Fsp3) is 0.773. The molecular weight excluding hydrogens is 1040 g/mol. The average molecular weight is 1180 g/mol. The summed E-state index contributed by atoms with van der Waals surface area (Å²) in [5, 5.41) is 11.8. The second-order valence-electron chi connectivity index (χ2n) is 24.8. The molecule has 2 unspecified atom stereocenters. The standard InChI is InChI=1S/C75H133NO8/c1-6-8-10-12-14-16-18-20-22-24-26-27-28-29-30-31-32-33-34-35-36-37-38-39-40-41-42-43-44-45-46-47-48-50-52-54-56-58-60-62-64-66-73(78)84-71(70-83-75(74(79)80)81-68-67-76(3,4)5)69-82-72(77)65-63-61-59-57-55-53-51-49-25-23-21-19-17-15-13-11-9-7-2/h8,10,14,16,20,22,26-27,29-30,32-33,35-36,71,75H,6-7,9,11-13,15,17-19,21,23-25,28,31,34,37-70H2,1-5H3/b10-8-,16-14-,22-20-,27-26-,30-29-,33-32-,36-35-. The molecule has 2 atom stereocenters. The molecule has 0 aliphatic carbocycles. The molecule has 0 spiro atoms. The number of carboxylic acid groups (broad SMARTS) is 1. The molecule has 0 heterocycles. The highest BCUT2D eigenvalue weighted by molar-refractivity contribution is 5.70. The molecule has 0 radical (unpaired) electrons. The molecule has 84 heavy (non-hydrogen) atoms. The number of allylic oxidation sites excluding steroid dienone is 14. The lowest BCUT2D eigenvalue weighted by atomic mass is 10.0. The number of carbonyl (C=O) groups is 3. The Kier molecular flexibility index (Phi) is 62.7. The van der Waals surface area contributed by atoms with Gasteiger partial charge in [-0.15, -0.1) is 0 Å². The Morgan fingerprint density at radius 2 is 0.679 bits per heavy atom. The highest BCUT2D eigenvalue weighted by atomic mass is 16.7. The molecule has 0 saturated carbocycles. The van der Waals surface area contributed by atoms with Crippen molar-refractivity contribution in [3.8, 4) is 0 Å². The number of likely N-dealkylation sites (N-methyl/N-ethyl adjacent to an activating group) is 1. The van der Waals surface area contributed by atoms with Gasteiger partial charge in [0, 0.05) is 12.8 Å². The fourth-order valence-electron chi connectivity index (χ4n) is 10.0. The van der Waals surface area contributed by atoms with Crippen LogP contribution in [-0.4, -0.2) is 82.3 Å². The molecule has 0 aromatic rings. The van der Waals surface area contributed by atoms with Gasteiger partial charge in [0.25, 0.3) is 0 Å². The summed E-state index contributed by atoms with van der Waals surface area (Å²) >= 11 is 0. The maximum Gasteiger partial charge on any atom is 0.306 e. The first-order valence-corrected chi connectivity index (χ1v) is 35.2. The van der Waals surface area contributed by atoms with Crippen LogP contribution in [0.3, 0.4) is 0 Å². The molecule has 486 valence electrons. The van der Waals surface area contributed by atoms with Crippen LogP contribution in [-0.2, 0) is 33.3 Å². The van der Waals surface area contributed by atoms with Gasteiger partial charge >= 0.3 is 11.9 Å². The van der Waals surface area contributed by atoms with Gasteiger partial charge in [0.05, 0.1) is 40.3 Å². The smallest absolute Gasteiger partial charge is 0.306 e. The van der Waals surface area contributed by atoms with E-state index in [9.17, 15) is 19.5 Å². The molecule has 0 aromatic carbocycles. The average Bonchev–Trinajstić information content (AvgIpc) is 3.52. The van der Waals surface area contributed by atoms with E-state index in [1.165, 1.54) is 205 Å². The lowest BCUT2D eigenvalue weighted by molar-refractivity contribution is -0.870. The van der Waals surface area contributed by atoms with Crippen molar-refractivity contribution in [1.29, 1.82) is 0 Å². The maximum absolute atomic E-state index is 12.9. The normalized spacial score (nSPS) is 13.2. The Labute approximate surface area is 519 Å². The van der Waals surface area contributed by atoms with Gasteiger partial charge in [-0.1, -0.05) is 317 Å². The van der Waals surface area contributed by atoms with Crippen molar-refractivity contribution in [3.05, 3.63) is 85.1 Å². The molecule has 9 nitrogen and oxygen atoms in total. The third-order valence-corrected chi connectivity index (χ3v) is 15.4. The van der Waals surface area contributed by atoms with Crippen LogP contribution in [0.25, 0.3) is 0 Å². The SMILES string of the molecule is CC/C=C\C/C=C\C/C=C\C/C=C\C/C=C\C/C=C\C/C=C\CCCCCCCCCCCCCCCCCCCCCC(=O)OC(COC(=O)CCCCCCCCCCCCCCCCCCCC)COC(OCC[N+](C)(C)C)C(=O)[O-]. The van der Waals surface area contributed by atoms with Crippen LogP contribution in [0, 0.1) is 0 Å². The first-order valence-electron chi connectivity index (χ1n) is 35.2. The van der Waals surface area contributed by atoms with E-state index in [0.29, 0.717) is 23.9 Å². The number of nitrogens with zero attached hydrogens (tertiary/aromatic N) is 1. The zero-order chi connectivity index (χ0) is 61.2. The molecule has 0 bridgehead atoms. The predicted molar refractivity (Wildman–Crippen MR) is 357 cm³/mol. The second kappa shape index (κ2) is 65.4. The summed E-state index contributed by atoms with van der Waals surface area (Å²) in [4.78, 5) is 37.4. The Balaban J connectivity index is 4.00. The quantitative estimate of drug-likeness (QED) is 0.0195. The first-order chi connectivity index (χ1) is 41.1. The minimum Gasteiger partial charge on any atom is -0.545 e. The van der Waals surface area contributed by atoms with Gasteiger partial charge in [-0.3, -0.25) is 9.59 Å². The van der Waals surface area contributed by atoms with Crippen molar-refractivity contribution >= 4 is 17.9 Å². The van der Waals surface area contributed by atoms with Crippen molar-refractivity contribution in [2.24, 2.45) is 0 Å². The lowest BCUT2D eigenvalue weighted by Gasteiger charge is -2.26. The monoisotopic (exact) mass is 1180 g/mol. The highest BCUT2D eigenvalue weighted by Crippen LogP contribution is 2.18. The molecule has 0 fully saturated rings. The molecule has 0 N–H and O–H groups in total. The number of unbranched alkanes of at least 4 members (excludes halogenated alkanes) is 36. The number of esters is 2. The molecule has 0 saturated heterocycles. The largest absolute Gasteiger partial charge is 0.545 e. The number of carboxylic acids is 1.